The summed E-state index contributed by atoms with van der Waals surface area (Å²) in [5.41, 5.74) is 2.81. The van der Waals surface area contributed by atoms with Crippen LogP contribution in [-0.4, -0.2) is 5.78 Å². The van der Waals surface area contributed by atoms with Gasteiger partial charge in [-0.05, 0) is 23.8 Å². The van der Waals surface area contributed by atoms with Crippen molar-refractivity contribution < 1.29 is 4.79 Å². The highest BCUT2D eigenvalue weighted by molar-refractivity contribution is 6.08. The molecule has 1 aliphatic rings. The minimum atomic E-state index is 0.0863. The van der Waals surface area contributed by atoms with Crippen LogP contribution in [0.2, 0.25) is 0 Å². The summed E-state index contributed by atoms with van der Waals surface area (Å²) >= 11 is 0. The zero-order valence-corrected chi connectivity index (χ0v) is 10.8. The smallest absolute Gasteiger partial charge is 0.193 e. The van der Waals surface area contributed by atoms with Gasteiger partial charge in [0.05, 0.1) is 0 Å². The van der Waals surface area contributed by atoms with Crippen LogP contribution in [0.15, 0.2) is 67.3 Å². The number of carbonyl (C=O) groups excluding carboxylic acids is 1. The Morgan fingerprint density at radius 1 is 1.00 bits per heavy atom. The highest BCUT2D eigenvalue weighted by atomic mass is 16.1. The first-order valence-corrected chi connectivity index (χ1v) is 6.62. The van der Waals surface area contributed by atoms with E-state index < -0.39 is 0 Å². The van der Waals surface area contributed by atoms with Gasteiger partial charge in [0.15, 0.2) is 5.78 Å². The summed E-state index contributed by atoms with van der Waals surface area (Å²) in [4.78, 5) is 12.2. The fraction of sp³-hybridized carbons (Fsp3) is 0.167. The summed E-state index contributed by atoms with van der Waals surface area (Å²) in [7, 11) is 0. The van der Waals surface area contributed by atoms with Gasteiger partial charge in [-0.2, -0.15) is 0 Å². The van der Waals surface area contributed by atoms with E-state index >= 15 is 0 Å². The molecule has 1 aliphatic carbocycles. The summed E-state index contributed by atoms with van der Waals surface area (Å²) < 4.78 is 0. The van der Waals surface area contributed by atoms with Gasteiger partial charge in [0.25, 0.3) is 0 Å². The molecular formula is C18H16O. The van der Waals surface area contributed by atoms with Gasteiger partial charge in [-0.3, -0.25) is 4.79 Å². The summed E-state index contributed by atoms with van der Waals surface area (Å²) in [6, 6.07) is 17.4. The highest BCUT2D eigenvalue weighted by Gasteiger charge is 2.35. The second-order valence-corrected chi connectivity index (χ2v) is 5.06. The van der Waals surface area contributed by atoms with E-state index in [1.807, 2.05) is 48.5 Å². The van der Waals surface area contributed by atoms with Crippen LogP contribution in [0.3, 0.4) is 0 Å². The van der Waals surface area contributed by atoms with E-state index in [9.17, 15) is 4.79 Å². The molecule has 2 aromatic rings. The van der Waals surface area contributed by atoms with E-state index in [-0.39, 0.29) is 5.78 Å². The highest BCUT2D eigenvalue weighted by Crippen LogP contribution is 2.47. The first-order chi connectivity index (χ1) is 9.29. The topological polar surface area (TPSA) is 17.1 Å². The maximum Gasteiger partial charge on any atom is 0.193 e. The normalized spacial score (nSPS) is 20.8. The van der Waals surface area contributed by atoms with Gasteiger partial charge in [0.1, 0.15) is 0 Å². The Balaban J connectivity index is 1.80. The van der Waals surface area contributed by atoms with Gasteiger partial charge in [-0.1, -0.05) is 60.7 Å². The second kappa shape index (κ2) is 4.85. The van der Waals surface area contributed by atoms with Crippen molar-refractivity contribution in [3.8, 4) is 0 Å². The maximum absolute atomic E-state index is 12.2. The lowest BCUT2D eigenvalue weighted by atomic mass is 10.0. The molecule has 0 heterocycles. The predicted molar refractivity (Wildman–Crippen MR) is 77.4 cm³/mol. The predicted octanol–water partition coefficient (Wildman–Crippen LogP) is 4.21. The quantitative estimate of drug-likeness (QED) is 0.585. The molecule has 94 valence electrons. The fourth-order valence-corrected chi connectivity index (χ4v) is 2.50. The average Bonchev–Trinajstić information content (AvgIpc) is 3.27. The van der Waals surface area contributed by atoms with Crippen molar-refractivity contribution in [2.45, 2.75) is 12.3 Å². The first-order valence-electron chi connectivity index (χ1n) is 6.62. The van der Waals surface area contributed by atoms with Crippen molar-refractivity contribution in [3.63, 3.8) is 0 Å². The van der Waals surface area contributed by atoms with E-state index in [1.54, 1.807) is 0 Å². The zero-order chi connectivity index (χ0) is 13.2. The van der Waals surface area contributed by atoms with Crippen LogP contribution in [0.5, 0.6) is 0 Å². The molecule has 2 aromatic carbocycles. The summed E-state index contributed by atoms with van der Waals surface area (Å²) in [5.74, 6) is 1.32. The SMILES string of the molecule is C=C[C@@H]1C[C@@H]1c1ccc(C(=O)c2ccccc2)cc1. The van der Waals surface area contributed by atoms with Crippen LogP contribution < -0.4 is 0 Å². The Hall–Kier alpha value is -2.15. The molecule has 1 fully saturated rings. The Morgan fingerprint density at radius 3 is 2.21 bits per heavy atom. The number of allylic oxidation sites excluding steroid dienone is 1. The van der Waals surface area contributed by atoms with Gasteiger partial charge >= 0.3 is 0 Å². The molecule has 0 N–H and O–H groups in total. The Kier molecular flexibility index (Phi) is 3.04. The maximum atomic E-state index is 12.2. The lowest BCUT2D eigenvalue weighted by Crippen LogP contribution is -2.00. The molecule has 19 heavy (non-hydrogen) atoms. The summed E-state index contributed by atoms with van der Waals surface area (Å²) in [6.45, 7) is 3.83. The van der Waals surface area contributed by atoms with Gasteiger partial charge < -0.3 is 0 Å². The monoisotopic (exact) mass is 248 g/mol. The number of ketones is 1. The lowest BCUT2D eigenvalue weighted by Gasteiger charge is -2.03. The van der Waals surface area contributed by atoms with E-state index in [0.29, 0.717) is 11.8 Å². The second-order valence-electron chi connectivity index (χ2n) is 5.06. The van der Waals surface area contributed by atoms with Crippen LogP contribution in [-0.2, 0) is 0 Å². The van der Waals surface area contributed by atoms with Crippen molar-refractivity contribution in [1.82, 2.24) is 0 Å². The molecule has 1 saturated carbocycles. The van der Waals surface area contributed by atoms with Gasteiger partial charge in [0, 0.05) is 11.1 Å². The minimum Gasteiger partial charge on any atom is -0.289 e. The van der Waals surface area contributed by atoms with Crippen LogP contribution in [0, 0.1) is 5.92 Å². The summed E-state index contributed by atoms with van der Waals surface area (Å²) in [6.07, 6.45) is 3.21. The molecule has 0 amide bonds. The number of rotatable bonds is 4. The molecule has 0 bridgehead atoms. The molecule has 0 spiro atoms. The zero-order valence-electron chi connectivity index (χ0n) is 10.8. The van der Waals surface area contributed by atoms with Crippen LogP contribution in [0.4, 0.5) is 0 Å². The molecule has 0 saturated heterocycles. The van der Waals surface area contributed by atoms with Crippen LogP contribution in [0.25, 0.3) is 0 Å². The fourth-order valence-electron chi connectivity index (χ4n) is 2.50. The number of hydrogen-bond donors (Lipinski definition) is 0. The van der Waals surface area contributed by atoms with Crippen molar-refractivity contribution in [3.05, 3.63) is 83.9 Å². The van der Waals surface area contributed by atoms with Crippen molar-refractivity contribution in [2.75, 3.05) is 0 Å². The molecule has 1 heteroatoms. The third kappa shape index (κ3) is 2.37. The van der Waals surface area contributed by atoms with Crippen molar-refractivity contribution in [2.24, 2.45) is 5.92 Å². The number of benzene rings is 2. The molecule has 0 aliphatic heterocycles. The van der Waals surface area contributed by atoms with Gasteiger partial charge in [0.2, 0.25) is 0 Å². The Bertz CT molecular complexity index is 595. The molecule has 0 radical (unpaired) electrons. The number of hydrogen-bond acceptors (Lipinski definition) is 1. The third-order valence-corrected chi connectivity index (χ3v) is 3.78. The van der Waals surface area contributed by atoms with Crippen LogP contribution in [0.1, 0.15) is 33.8 Å². The third-order valence-electron chi connectivity index (χ3n) is 3.78. The molecule has 0 aromatic heterocycles. The van der Waals surface area contributed by atoms with Crippen LogP contribution >= 0.6 is 0 Å². The first kappa shape index (κ1) is 11.9. The average molecular weight is 248 g/mol. The van der Waals surface area contributed by atoms with Crippen molar-refractivity contribution >= 4 is 5.78 Å². The standard InChI is InChI=1S/C18H16O/c1-2-13-12-17(13)14-8-10-16(11-9-14)18(19)15-6-4-3-5-7-15/h2-11,13,17H,1,12H2/t13-,17+/m1/s1. The minimum absolute atomic E-state index is 0.0863. The Morgan fingerprint density at radius 2 is 1.63 bits per heavy atom. The number of carbonyl (C=O) groups is 1. The van der Waals surface area contributed by atoms with E-state index in [0.717, 1.165) is 11.1 Å². The van der Waals surface area contributed by atoms with Gasteiger partial charge in [-0.25, -0.2) is 0 Å². The van der Waals surface area contributed by atoms with Gasteiger partial charge in [-0.15, -0.1) is 6.58 Å². The molecule has 3 rings (SSSR count). The Labute approximate surface area is 113 Å². The lowest BCUT2D eigenvalue weighted by molar-refractivity contribution is 0.103. The molecule has 1 nitrogen and oxygen atoms in total. The van der Waals surface area contributed by atoms with E-state index in [2.05, 4.69) is 18.7 Å². The van der Waals surface area contributed by atoms with Crippen molar-refractivity contribution in [1.29, 1.82) is 0 Å². The van der Waals surface area contributed by atoms with E-state index in [4.69, 9.17) is 0 Å². The molecule has 2 atom stereocenters. The molecular weight excluding hydrogens is 232 g/mol. The summed E-state index contributed by atoms with van der Waals surface area (Å²) in [5, 5.41) is 0. The van der Waals surface area contributed by atoms with E-state index in [1.165, 1.54) is 12.0 Å². The molecule has 0 unspecified atom stereocenters. The largest absolute Gasteiger partial charge is 0.289 e.